The molecule has 0 radical (unpaired) electrons. The minimum atomic E-state index is -7.46. The van der Waals surface area contributed by atoms with Gasteiger partial charge in [-0.05, 0) is 0 Å². The highest BCUT2D eigenvalue weighted by atomic mass is 19.4. The molecule has 0 amide bonds. The van der Waals surface area contributed by atoms with Gasteiger partial charge in [0.1, 0.15) is 5.97 Å². The average molecular weight is 457 g/mol. The number of quaternary nitrogens is 1. The minimum Gasteiger partial charge on any atom is -0.544 e. The van der Waals surface area contributed by atoms with Crippen molar-refractivity contribution in [3.05, 3.63) is 12.4 Å². The Morgan fingerprint density at radius 2 is 1.14 bits per heavy atom. The minimum absolute atomic E-state index is 0. The van der Waals surface area contributed by atoms with Gasteiger partial charge in [0, 0.05) is 0 Å². The summed E-state index contributed by atoms with van der Waals surface area (Å²) >= 11 is 0. The first kappa shape index (κ1) is 30.9. The van der Waals surface area contributed by atoms with Crippen LogP contribution in [0.1, 0.15) is 0 Å². The zero-order valence-electron chi connectivity index (χ0n) is 12.8. The molecule has 0 rings (SSSR count). The van der Waals surface area contributed by atoms with Crippen molar-refractivity contribution in [2.45, 2.75) is 36.3 Å². The first-order valence-electron chi connectivity index (χ1n) is 5.29. The van der Waals surface area contributed by atoms with E-state index < -0.39 is 48.1 Å². The molecule has 0 aromatic heterocycles. The van der Waals surface area contributed by atoms with Crippen LogP contribution in [0, 0.1) is 0 Å². The molecule has 6 nitrogen and oxygen atoms in total. The van der Waals surface area contributed by atoms with Crippen LogP contribution in [0.25, 0.3) is 0 Å². The van der Waals surface area contributed by atoms with Crippen molar-refractivity contribution in [1.29, 1.82) is 0 Å². The molecule has 6 N–H and O–H groups in total. The van der Waals surface area contributed by atoms with E-state index >= 15 is 0 Å². The molecule has 0 fully saturated rings. The van der Waals surface area contributed by atoms with Crippen molar-refractivity contribution in [3.63, 3.8) is 0 Å². The molecule has 0 heterocycles. The number of halogens is 13. The molecule has 0 spiro atoms. The van der Waals surface area contributed by atoms with Gasteiger partial charge in [-0.15, -0.1) is 0 Å². The van der Waals surface area contributed by atoms with E-state index in [4.69, 9.17) is 0 Å². The fraction of sp³-hybridized carbons (Fsp3) is 0.667. The Morgan fingerprint density at radius 1 is 0.786 bits per heavy atom. The van der Waals surface area contributed by atoms with Crippen LogP contribution in [0.5, 0.6) is 0 Å². The van der Waals surface area contributed by atoms with Crippen LogP contribution in [-0.4, -0.2) is 47.7 Å². The van der Waals surface area contributed by atoms with Crippen LogP contribution in [0.4, 0.5) is 57.1 Å². The van der Waals surface area contributed by atoms with Gasteiger partial charge >= 0.3 is 36.3 Å². The van der Waals surface area contributed by atoms with E-state index in [0.29, 0.717) is 0 Å². The van der Waals surface area contributed by atoms with E-state index in [-0.39, 0.29) is 11.6 Å². The summed E-state index contributed by atoms with van der Waals surface area (Å²) in [4.78, 5) is 9.98. The monoisotopic (exact) mass is 457 g/mol. The van der Waals surface area contributed by atoms with Gasteiger partial charge in [-0.25, -0.2) is 4.39 Å². The molecular weight excluding hydrogens is 449 g/mol. The normalized spacial score (nSPS) is 17.5. The van der Waals surface area contributed by atoms with Crippen LogP contribution >= 0.6 is 0 Å². The number of alkyl halides is 12. The predicted molar refractivity (Wildman–Crippen MR) is 56.7 cm³/mol. The summed E-state index contributed by atoms with van der Waals surface area (Å²) in [6.45, 7) is 1.60. The molecule has 0 bridgehead atoms. The molecule has 0 aliphatic heterocycles. The Labute approximate surface area is 144 Å². The van der Waals surface area contributed by atoms with Crippen molar-refractivity contribution in [1.82, 2.24) is 6.15 Å². The van der Waals surface area contributed by atoms with E-state index in [1.807, 2.05) is 4.74 Å². The molecule has 170 valence electrons. The maximum atomic E-state index is 13.5. The van der Waals surface area contributed by atoms with Crippen molar-refractivity contribution >= 4 is 5.97 Å². The van der Waals surface area contributed by atoms with Gasteiger partial charge in [-0.3, -0.25) is 9.47 Å². The summed E-state index contributed by atoms with van der Waals surface area (Å²) in [6.07, 6.45) is -28.2. The SMILES string of the molecule is C=C(F)C(F)(F)OC(F)(C(F)(F)F)C(F)(F)OC(F)(C(=O)[O-])C(F)(F)F.O.[NH4+]. The fourth-order valence-electron chi connectivity index (χ4n) is 0.972. The maximum absolute atomic E-state index is 13.5. The highest BCUT2D eigenvalue weighted by molar-refractivity contribution is 5.74. The quantitative estimate of drug-likeness (QED) is 0.590. The summed E-state index contributed by atoms with van der Waals surface area (Å²) in [7, 11) is 0. The van der Waals surface area contributed by atoms with Gasteiger partial charge in [0.05, 0.1) is 0 Å². The Bertz CT molecular complexity index is 576. The lowest BCUT2D eigenvalue weighted by Crippen LogP contribution is -2.67. The number of hydrogen-bond donors (Lipinski definition) is 1. The van der Waals surface area contributed by atoms with E-state index in [1.165, 1.54) is 0 Å². The summed E-state index contributed by atoms with van der Waals surface area (Å²) in [5.74, 6) is -21.8. The summed E-state index contributed by atoms with van der Waals surface area (Å²) in [5, 5.41) is 9.98. The number of ether oxygens (including phenoxy) is 2. The number of aliphatic carboxylic acids is 1. The third-order valence-corrected chi connectivity index (χ3v) is 2.22. The lowest BCUT2D eigenvalue weighted by atomic mass is 10.2. The molecule has 0 aromatic rings. The third-order valence-electron chi connectivity index (χ3n) is 2.22. The van der Waals surface area contributed by atoms with Crippen LogP contribution < -0.4 is 11.3 Å². The fourth-order valence-corrected chi connectivity index (χ4v) is 0.972. The van der Waals surface area contributed by atoms with Gasteiger partial charge < -0.3 is 21.5 Å². The molecule has 2 atom stereocenters. The topological polar surface area (TPSA) is 127 Å². The molecule has 2 unspecified atom stereocenters. The second-order valence-corrected chi connectivity index (χ2v) is 4.12. The molecule has 0 aromatic carbocycles. The van der Waals surface area contributed by atoms with Gasteiger partial charge in [-0.2, -0.15) is 52.7 Å². The molecule has 0 saturated heterocycles. The number of carboxylic acid groups (broad SMARTS) is 1. The van der Waals surface area contributed by atoms with Crippen molar-refractivity contribution in [2.75, 3.05) is 0 Å². The molecule has 0 aliphatic carbocycles. The zero-order chi connectivity index (χ0) is 21.6. The Balaban J connectivity index is -0.00000312. The van der Waals surface area contributed by atoms with E-state index in [0.717, 1.165) is 0 Å². The number of hydrogen-bond acceptors (Lipinski definition) is 4. The molecule has 0 saturated carbocycles. The Morgan fingerprint density at radius 3 is 1.36 bits per heavy atom. The van der Waals surface area contributed by atoms with Gasteiger partial charge in [0.2, 0.25) is 0 Å². The summed E-state index contributed by atoms with van der Waals surface area (Å²) in [6, 6.07) is 0. The number of carbonyl (C=O) groups excluding carboxylic acids is 1. The van der Waals surface area contributed by atoms with Crippen LogP contribution in [0.2, 0.25) is 0 Å². The maximum Gasteiger partial charge on any atom is 0.458 e. The Kier molecular flexibility index (Phi) is 9.09. The van der Waals surface area contributed by atoms with Crippen molar-refractivity contribution < 1.29 is 81.9 Å². The smallest absolute Gasteiger partial charge is 0.458 e. The lowest BCUT2D eigenvalue weighted by Gasteiger charge is -2.39. The highest BCUT2D eigenvalue weighted by Crippen LogP contribution is 2.53. The number of carbonyl (C=O) groups is 1. The summed E-state index contributed by atoms with van der Waals surface area (Å²) < 4.78 is 167. The summed E-state index contributed by atoms with van der Waals surface area (Å²) in [5.41, 5.74) is 0. The highest BCUT2D eigenvalue weighted by Gasteiger charge is 2.80. The molecule has 28 heavy (non-hydrogen) atoms. The third kappa shape index (κ3) is 5.35. The first-order valence-corrected chi connectivity index (χ1v) is 5.29. The van der Waals surface area contributed by atoms with Crippen molar-refractivity contribution in [2.24, 2.45) is 0 Å². The van der Waals surface area contributed by atoms with E-state index in [2.05, 4.69) is 0 Å². The lowest BCUT2D eigenvalue weighted by molar-refractivity contribution is -0.527. The first-order chi connectivity index (χ1) is 11.1. The molecular formula is C9H8F13NO5. The van der Waals surface area contributed by atoms with Gasteiger partial charge in [0.25, 0.3) is 0 Å². The second kappa shape index (κ2) is 8.25. The largest absolute Gasteiger partial charge is 0.544 e. The number of rotatable bonds is 7. The number of carboxylic acids is 1. The standard InChI is InChI=1S/C9H3F13O4.H3N.H2O/c1-2(10)5(12,13)26-6(14,8(18,19)20)9(21,22)25-4(11,3(23)24)7(15,16)17;;/h1H2,(H,23,24);1H3;1H2. The van der Waals surface area contributed by atoms with Crippen LogP contribution in [0.3, 0.4) is 0 Å². The zero-order valence-corrected chi connectivity index (χ0v) is 12.8. The Hall–Kier alpha value is -1.86. The second-order valence-electron chi connectivity index (χ2n) is 4.12. The average Bonchev–Trinajstić information content (AvgIpc) is 2.33. The molecule has 0 aliphatic rings. The van der Waals surface area contributed by atoms with Crippen molar-refractivity contribution in [3.8, 4) is 0 Å². The predicted octanol–water partition coefficient (Wildman–Crippen LogP) is 2.45. The van der Waals surface area contributed by atoms with E-state index in [9.17, 15) is 67.0 Å². The van der Waals surface area contributed by atoms with Gasteiger partial charge in [-0.1, -0.05) is 6.58 Å². The molecule has 19 heteroatoms. The van der Waals surface area contributed by atoms with Gasteiger partial charge in [0.15, 0.2) is 5.83 Å². The van der Waals surface area contributed by atoms with E-state index in [1.54, 1.807) is 11.3 Å². The van der Waals surface area contributed by atoms with Crippen LogP contribution in [0.15, 0.2) is 12.4 Å². The van der Waals surface area contributed by atoms with Crippen LogP contribution in [-0.2, 0) is 14.3 Å².